The fourth-order valence-corrected chi connectivity index (χ4v) is 1.10. The van der Waals surface area contributed by atoms with Crippen LogP contribution in [-0.2, 0) is 4.79 Å². The second-order valence-corrected chi connectivity index (χ2v) is 3.83. The molecule has 3 unspecified atom stereocenters. The third-order valence-corrected chi connectivity index (χ3v) is 2.22. The smallest absolute Gasteiger partial charge is 0.189 e. The van der Waals surface area contributed by atoms with Crippen LogP contribution in [0.2, 0.25) is 0 Å². The molecule has 0 aromatic heterocycles. The van der Waals surface area contributed by atoms with Gasteiger partial charge in [0.25, 0.3) is 0 Å². The predicted molar refractivity (Wildman–Crippen MR) is 67.0 cm³/mol. The molecule has 0 heterocycles. The summed E-state index contributed by atoms with van der Waals surface area (Å²) >= 11 is 0. The van der Waals surface area contributed by atoms with Gasteiger partial charge in [0.2, 0.25) is 0 Å². The summed E-state index contributed by atoms with van der Waals surface area (Å²) in [5.41, 5.74) is 0. The minimum Gasteiger partial charge on any atom is -0.508 e. The third kappa shape index (κ3) is 6.45. The van der Waals surface area contributed by atoms with Gasteiger partial charge in [0.05, 0.1) is 6.61 Å². The Labute approximate surface area is 114 Å². The van der Waals surface area contributed by atoms with Gasteiger partial charge in [-0.15, -0.1) is 0 Å². The number of hydrogen-bond donors (Lipinski definition) is 7. The summed E-state index contributed by atoms with van der Waals surface area (Å²) in [6, 6.07) is 5.85. The molecule has 0 fully saturated rings. The molecule has 8 heteroatoms. The lowest BCUT2D eigenvalue weighted by Gasteiger charge is -2.19. The summed E-state index contributed by atoms with van der Waals surface area (Å²) in [5.74, 6) is -0.829. The van der Waals surface area contributed by atoms with E-state index in [1.165, 1.54) is 18.2 Å². The number of phenols is 2. The summed E-state index contributed by atoms with van der Waals surface area (Å²) < 4.78 is 0. The SMILES string of the molecule is O=C(CO)C(O)C(O)C(O)CO.Oc1cccc(O)c1. The number of phenolic OH excluding ortho intramolecular Hbond substituents is 2. The van der Waals surface area contributed by atoms with Gasteiger partial charge in [-0.1, -0.05) is 6.07 Å². The zero-order valence-electron chi connectivity index (χ0n) is 10.5. The molecule has 8 nitrogen and oxygen atoms in total. The Hall–Kier alpha value is -1.71. The Morgan fingerprint density at radius 2 is 1.55 bits per heavy atom. The molecule has 7 N–H and O–H groups in total. The number of ketones is 1. The molecule has 114 valence electrons. The topological polar surface area (TPSA) is 159 Å². The van der Waals surface area contributed by atoms with Crippen LogP contribution in [0.4, 0.5) is 0 Å². The van der Waals surface area contributed by atoms with Gasteiger partial charge in [-0.3, -0.25) is 4.79 Å². The third-order valence-electron chi connectivity index (χ3n) is 2.22. The van der Waals surface area contributed by atoms with Gasteiger partial charge in [0, 0.05) is 6.07 Å². The standard InChI is InChI=1S/C6H12O6.C6H6O2/c7-1-3(9)5(11)6(12)4(10)2-8;7-5-2-1-3-6(8)4-5/h3,5-9,11-12H,1-2H2;1-4,7-8H. The molecular weight excluding hydrogens is 272 g/mol. The highest BCUT2D eigenvalue weighted by Gasteiger charge is 2.28. The van der Waals surface area contributed by atoms with E-state index < -0.39 is 37.3 Å². The molecule has 0 radical (unpaired) electrons. The number of aliphatic hydroxyl groups excluding tert-OH is 5. The number of carbonyl (C=O) groups is 1. The molecule has 3 atom stereocenters. The predicted octanol–water partition coefficient (Wildman–Crippen LogP) is -2.28. The van der Waals surface area contributed by atoms with Gasteiger partial charge in [-0.2, -0.15) is 0 Å². The largest absolute Gasteiger partial charge is 0.508 e. The number of benzene rings is 1. The van der Waals surface area contributed by atoms with Crippen LogP contribution in [-0.4, -0.2) is 73.1 Å². The van der Waals surface area contributed by atoms with E-state index in [-0.39, 0.29) is 11.5 Å². The van der Waals surface area contributed by atoms with Crippen molar-refractivity contribution in [1.29, 1.82) is 0 Å². The Balaban J connectivity index is 0.000000388. The molecule has 1 rings (SSSR count). The maximum atomic E-state index is 10.5. The summed E-state index contributed by atoms with van der Waals surface area (Å²) in [4.78, 5) is 10.5. The first kappa shape index (κ1) is 18.3. The van der Waals surface area contributed by atoms with Gasteiger partial charge in [0.15, 0.2) is 5.78 Å². The highest BCUT2D eigenvalue weighted by molar-refractivity contribution is 5.84. The molecule has 0 bridgehead atoms. The molecule has 1 aromatic rings. The molecule has 0 saturated carbocycles. The first-order chi connectivity index (χ1) is 9.33. The quantitative estimate of drug-likeness (QED) is 0.319. The van der Waals surface area contributed by atoms with Crippen LogP contribution >= 0.6 is 0 Å². The number of carbonyl (C=O) groups excluding carboxylic acids is 1. The molecule has 0 aliphatic heterocycles. The minimum atomic E-state index is -1.86. The fourth-order valence-electron chi connectivity index (χ4n) is 1.10. The Kier molecular flexibility index (Phi) is 8.45. The summed E-state index contributed by atoms with van der Waals surface area (Å²) in [5, 5.41) is 60.4. The molecule has 1 aromatic carbocycles. The Morgan fingerprint density at radius 1 is 1.05 bits per heavy atom. The number of Topliss-reactive ketones (excluding diaryl/α,β-unsaturated/α-hetero) is 1. The van der Waals surface area contributed by atoms with Crippen molar-refractivity contribution < 1.29 is 40.5 Å². The minimum absolute atomic E-state index is 0.0880. The molecule has 0 spiro atoms. The van der Waals surface area contributed by atoms with Crippen LogP contribution in [0.3, 0.4) is 0 Å². The van der Waals surface area contributed by atoms with E-state index in [9.17, 15) is 4.79 Å². The van der Waals surface area contributed by atoms with Crippen LogP contribution in [0.15, 0.2) is 24.3 Å². The highest BCUT2D eigenvalue weighted by Crippen LogP contribution is 2.14. The van der Waals surface area contributed by atoms with E-state index in [0.717, 1.165) is 0 Å². The van der Waals surface area contributed by atoms with E-state index >= 15 is 0 Å². The van der Waals surface area contributed by atoms with Crippen molar-refractivity contribution in [1.82, 2.24) is 0 Å². The lowest BCUT2D eigenvalue weighted by Crippen LogP contribution is -2.44. The van der Waals surface area contributed by atoms with E-state index in [0.29, 0.717) is 0 Å². The monoisotopic (exact) mass is 290 g/mol. The van der Waals surface area contributed by atoms with Crippen LogP contribution in [0.5, 0.6) is 11.5 Å². The second-order valence-electron chi connectivity index (χ2n) is 3.83. The van der Waals surface area contributed by atoms with Crippen molar-refractivity contribution in [3.8, 4) is 11.5 Å². The van der Waals surface area contributed by atoms with Crippen LogP contribution in [0, 0.1) is 0 Å². The number of hydrogen-bond acceptors (Lipinski definition) is 8. The van der Waals surface area contributed by atoms with Crippen LogP contribution in [0.25, 0.3) is 0 Å². The van der Waals surface area contributed by atoms with Crippen LogP contribution < -0.4 is 0 Å². The Bertz CT molecular complexity index is 391. The maximum Gasteiger partial charge on any atom is 0.189 e. The average molecular weight is 290 g/mol. The zero-order valence-corrected chi connectivity index (χ0v) is 10.5. The van der Waals surface area contributed by atoms with E-state index in [2.05, 4.69) is 0 Å². The zero-order chi connectivity index (χ0) is 15.7. The molecule has 0 amide bonds. The molecule has 0 aliphatic rings. The molecular formula is C12H18O8. The number of aliphatic hydroxyl groups is 5. The summed E-state index contributed by atoms with van der Waals surface area (Å²) in [6.45, 7) is -1.69. The fraction of sp³-hybridized carbons (Fsp3) is 0.417. The number of rotatable bonds is 5. The van der Waals surface area contributed by atoms with Gasteiger partial charge >= 0.3 is 0 Å². The highest BCUT2D eigenvalue weighted by atomic mass is 16.4. The van der Waals surface area contributed by atoms with Gasteiger partial charge in [-0.25, -0.2) is 0 Å². The number of aromatic hydroxyl groups is 2. The lowest BCUT2D eigenvalue weighted by molar-refractivity contribution is -0.142. The average Bonchev–Trinajstić information content (AvgIpc) is 2.44. The van der Waals surface area contributed by atoms with Crippen molar-refractivity contribution in [3.05, 3.63) is 24.3 Å². The molecule has 20 heavy (non-hydrogen) atoms. The van der Waals surface area contributed by atoms with Gasteiger partial charge < -0.3 is 35.7 Å². The van der Waals surface area contributed by atoms with Crippen LogP contribution in [0.1, 0.15) is 0 Å². The van der Waals surface area contributed by atoms with E-state index in [1.807, 2.05) is 0 Å². The van der Waals surface area contributed by atoms with Crippen molar-refractivity contribution in [2.45, 2.75) is 18.3 Å². The van der Waals surface area contributed by atoms with Crippen molar-refractivity contribution in [2.75, 3.05) is 13.2 Å². The molecule has 0 saturated heterocycles. The Morgan fingerprint density at radius 3 is 1.85 bits per heavy atom. The summed E-state index contributed by atoms with van der Waals surface area (Å²) in [6.07, 6.45) is -5.22. The van der Waals surface area contributed by atoms with Gasteiger partial charge in [-0.05, 0) is 12.1 Å². The first-order valence-electron chi connectivity index (χ1n) is 5.60. The van der Waals surface area contributed by atoms with Crippen molar-refractivity contribution in [2.24, 2.45) is 0 Å². The summed E-state index contributed by atoms with van der Waals surface area (Å²) in [7, 11) is 0. The van der Waals surface area contributed by atoms with E-state index in [4.69, 9.17) is 35.7 Å². The maximum absolute atomic E-state index is 10.5. The first-order valence-corrected chi connectivity index (χ1v) is 5.60. The van der Waals surface area contributed by atoms with Gasteiger partial charge in [0.1, 0.15) is 36.4 Å². The molecule has 0 aliphatic carbocycles. The lowest BCUT2D eigenvalue weighted by atomic mass is 10.1. The second kappa shape index (κ2) is 9.23. The van der Waals surface area contributed by atoms with Crippen molar-refractivity contribution in [3.63, 3.8) is 0 Å². The van der Waals surface area contributed by atoms with E-state index in [1.54, 1.807) is 6.07 Å². The van der Waals surface area contributed by atoms with Crippen molar-refractivity contribution >= 4 is 5.78 Å². The normalized spacial score (nSPS) is 14.7.